The molecule has 0 atom stereocenters. The molecule has 0 amide bonds. The predicted octanol–water partition coefficient (Wildman–Crippen LogP) is 6.78. The molecule has 5 heteroatoms. The molecule has 0 saturated heterocycles. The van der Waals surface area contributed by atoms with Gasteiger partial charge in [0.2, 0.25) is 0 Å². The minimum absolute atomic E-state index is 0.101. The summed E-state index contributed by atoms with van der Waals surface area (Å²) in [5.41, 5.74) is 1.83. The van der Waals surface area contributed by atoms with Crippen molar-refractivity contribution in [2.45, 2.75) is 20.5 Å². The standard InChI is InChI=1S/C24H21F3O2/c1-3-5-17-6-7-19(24(27)23(17)26)15-29-20-11-8-16(9-12-20)18-10-13-22(28-4-2)21(25)14-18/h3,5-14H,4,15H2,1-2H3/b5-3+. The van der Waals surface area contributed by atoms with Gasteiger partial charge in [-0.3, -0.25) is 0 Å². The van der Waals surface area contributed by atoms with Crippen molar-refractivity contribution in [3.8, 4) is 22.6 Å². The summed E-state index contributed by atoms with van der Waals surface area (Å²) >= 11 is 0. The molecular formula is C24H21F3O2. The van der Waals surface area contributed by atoms with E-state index in [9.17, 15) is 13.2 Å². The first-order valence-electron chi connectivity index (χ1n) is 9.28. The Morgan fingerprint density at radius 3 is 2.21 bits per heavy atom. The van der Waals surface area contributed by atoms with Crippen molar-refractivity contribution in [2.24, 2.45) is 0 Å². The molecule has 0 fully saturated rings. The molecule has 0 N–H and O–H groups in total. The molecule has 0 aliphatic carbocycles. The lowest BCUT2D eigenvalue weighted by molar-refractivity contribution is 0.297. The third-order valence-corrected chi connectivity index (χ3v) is 4.35. The van der Waals surface area contributed by atoms with Crippen molar-refractivity contribution < 1.29 is 22.6 Å². The van der Waals surface area contributed by atoms with E-state index in [1.807, 2.05) is 0 Å². The third-order valence-electron chi connectivity index (χ3n) is 4.35. The summed E-state index contributed by atoms with van der Waals surface area (Å²) in [7, 11) is 0. The summed E-state index contributed by atoms with van der Waals surface area (Å²) in [6, 6.07) is 14.7. The first-order chi connectivity index (χ1) is 14.0. The molecule has 0 spiro atoms. The number of rotatable bonds is 7. The molecule has 0 radical (unpaired) electrons. The largest absolute Gasteiger partial charge is 0.491 e. The third kappa shape index (κ3) is 4.80. The van der Waals surface area contributed by atoms with Crippen molar-refractivity contribution in [2.75, 3.05) is 6.61 Å². The zero-order valence-corrected chi connectivity index (χ0v) is 16.2. The highest BCUT2D eigenvalue weighted by atomic mass is 19.2. The SMILES string of the molecule is C/C=C/c1ccc(COc2ccc(-c3ccc(OCC)c(F)c3)cc2)c(F)c1F. The number of hydrogen-bond donors (Lipinski definition) is 0. The Morgan fingerprint density at radius 2 is 1.55 bits per heavy atom. The molecule has 3 aromatic carbocycles. The maximum absolute atomic E-state index is 14.2. The molecular weight excluding hydrogens is 377 g/mol. The second-order valence-electron chi connectivity index (χ2n) is 6.33. The molecule has 0 aromatic heterocycles. The lowest BCUT2D eigenvalue weighted by atomic mass is 10.1. The summed E-state index contributed by atoms with van der Waals surface area (Å²) in [4.78, 5) is 0. The molecule has 3 aromatic rings. The molecule has 0 aliphatic heterocycles. The van der Waals surface area contributed by atoms with Crippen molar-refractivity contribution in [3.63, 3.8) is 0 Å². The average molecular weight is 398 g/mol. The second-order valence-corrected chi connectivity index (χ2v) is 6.33. The zero-order valence-electron chi connectivity index (χ0n) is 16.2. The van der Waals surface area contributed by atoms with Gasteiger partial charge in [0.25, 0.3) is 0 Å². The number of halogens is 3. The van der Waals surface area contributed by atoms with Crippen LogP contribution in [0.2, 0.25) is 0 Å². The molecule has 3 rings (SSSR count). The molecule has 0 aliphatic rings. The van der Waals surface area contributed by atoms with Crippen molar-refractivity contribution >= 4 is 6.08 Å². The van der Waals surface area contributed by atoms with Crippen LogP contribution in [-0.2, 0) is 6.61 Å². The maximum Gasteiger partial charge on any atom is 0.166 e. The van der Waals surface area contributed by atoms with Gasteiger partial charge in [0.15, 0.2) is 23.2 Å². The van der Waals surface area contributed by atoms with Gasteiger partial charge in [0.05, 0.1) is 6.61 Å². The van der Waals surface area contributed by atoms with E-state index >= 15 is 0 Å². The Kier molecular flexibility index (Phi) is 6.60. The molecule has 29 heavy (non-hydrogen) atoms. The van der Waals surface area contributed by atoms with Gasteiger partial charge in [-0.2, -0.15) is 0 Å². The van der Waals surface area contributed by atoms with E-state index in [1.165, 1.54) is 24.3 Å². The molecule has 0 saturated carbocycles. The van der Waals surface area contributed by atoms with Gasteiger partial charge in [0, 0.05) is 11.1 Å². The zero-order chi connectivity index (χ0) is 20.8. The topological polar surface area (TPSA) is 18.5 Å². The van der Waals surface area contributed by atoms with Gasteiger partial charge in [0.1, 0.15) is 12.4 Å². The Hall–Kier alpha value is -3.21. The van der Waals surface area contributed by atoms with Crippen molar-refractivity contribution in [1.82, 2.24) is 0 Å². The van der Waals surface area contributed by atoms with Crippen LogP contribution in [0.4, 0.5) is 13.2 Å². The van der Waals surface area contributed by atoms with Gasteiger partial charge in [-0.1, -0.05) is 42.5 Å². The molecule has 0 heterocycles. The summed E-state index contributed by atoms with van der Waals surface area (Å²) in [5.74, 6) is -1.52. The van der Waals surface area contributed by atoms with Crippen LogP contribution in [0.1, 0.15) is 25.0 Å². The fraction of sp³-hybridized carbons (Fsp3) is 0.167. The summed E-state index contributed by atoms with van der Waals surface area (Å²) in [6.45, 7) is 3.82. The van der Waals surface area contributed by atoms with Crippen LogP contribution in [0.5, 0.6) is 11.5 Å². The number of benzene rings is 3. The van der Waals surface area contributed by atoms with Crippen LogP contribution >= 0.6 is 0 Å². The van der Waals surface area contributed by atoms with Crippen molar-refractivity contribution in [1.29, 1.82) is 0 Å². The van der Waals surface area contributed by atoms with E-state index in [0.717, 1.165) is 5.56 Å². The van der Waals surface area contributed by atoms with Crippen LogP contribution in [0, 0.1) is 17.5 Å². The number of ether oxygens (including phenoxy) is 2. The van der Waals surface area contributed by atoms with Crippen LogP contribution < -0.4 is 9.47 Å². The summed E-state index contributed by atoms with van der Waals surface area (Å²) in [6.07, 6.45) is 3.15. The van der Waals surface area contributed by atoms with E-state index in [1.54, 1.807) is 56.3 Å². The van der Waals surface area contributed by atoms with Gasteiger partial charge < -0.3 is 9.47 Å². The quantitative estimate of drug-likeness (QED) is 0.437. The minimum atomic E-state index is -0.915. The maximum atomic E-state index is 14.2. The van der Waals surface area contributed by atoms with E-state index in [4.69, 9.17) is 9.47 Å². The number of allylic oxidation sites excluding steroid dienone is 1. The fourth-order valence-electron chi connectivity index (χ4n) is 2.88. The monoisotopic (exact) mass is 398 g/mol. The highest BCUT2D eigenvalue weighted by molar-refractivity contribution is 5.65. The van der Waals surface area contributed by atoms with Gasteiger partial charge in [-0.25, -0.2) is 13.2 Å². The van der Waals surface area contributed by atoms with Crippen LogP contribution in [0.3, 0.4) is 0 Å². The van der Waals surface area contributed by atoms with Crippen LogP contribution in [0.25, 0.3) is 17.2 Å². The summed E-state index contributed by atoms with van der Waals surface area (Å²) < 4.78 is 53.0. The average Bonchev–Trinajstić information content (AvgIpc) is 2.73. The lowest BCUT2D eigenvalue weighted by Crippen LogP contribution is -2.02. The van der Waals surface area contributed by atoms with E-state index in [0.29, 0.717) is 17.9 Å². The Labute approximate surface area is 168 Å². The lowest BCUT2D eigenvalue weighted by Gasteiger charge is -2.10. The van der Waals surface area contributed by atoms with Gasteiger partial charge >= 0.3 is 0 Å². The predicted molar refractivity (Wildman–Crippen MR) is 108 cm³/mol. The number of hydrogen-bond acceptors (Lipinski definition) is 2. The van der Waals surface area contributed by atoms with E-state index < -0.39 is 17.5 Å². The highest BCUT2D eigenvalue weighted by Gasteiger charge is 2.12. The molecule has 150 valence electrons. The van der Waals surface area contributed by atoms with Gasteiger partial charge in [-0.05, 0) is 49.2 Å². The summed E-state index contributed by atoms with van der Waals surface area (Å²) in [5, 5.41) is 0. The van der Waals surface area contributed by atoms with E-state index in [-0.39, 0.29) is 23.5 Å². The smallest absolute Gasteiger partial charge is 0.166 e. The Morgan fingerprint density at radius 1 is 0.828 bits per heavy atom. The Bertz CT molecular complexity index is 1010. The molecule has 2 nitrogen and oxygen atoms in total. The van der Waals surface area contributed by atoms with Crippen LogP contribution in [-0.4, -0.2) is 6.61 Å². The minimum Gasteiger partial charge on any atom is -0.491 e. The normalized spacial score (nSPS) is 11.1. The van der Waals surface area contributed by atoms with Crippen LogP contribution in [0.15, 0.2) is 60.7 Å². The Balaban J connectivity index is 1.70. The van der Waals surface area contributed by atoms with Gasteiger partial charge in [-0.15, -0.1) is 0 Å². The van der Waals surface area contributed by atoms with Crippen molar-refractivity contribution in [3.05, 3.63) is 89.3 Å². The fourth-order valence-corrected chi connectivity index (χ4v) is 2.88. The molecule has 0 bridgehead atoms. The first-order valence-corrected chi connectivity index (χ1v) is 9.28. The van der Waals surface area contributed by atoms with E-state index in [2.05, 4.69) is 0 Å². The second kappa shape index (κ2) is 9.32. The first kappa shape index (κ1) is 20.5. The highest BCUT2D eigenvalue weighted by Crippen LogP contribution is 2.27. The molecule has 0 unspecified atom stereocenters.